The first-order valence-electron chi connectivity index (χ1n) is 6.72. The number of rotatable bonds is 6. The van der Waals surface area contributed by atoms with Crippen molar-refractivity contribution in [3.8, 4) is 0 Å². The van der Waals surface area contributed by atoms with Crippen LogP contribution in [0.5, 0.6) is 0 Å². The van der Waals surface area contributed by atoms with Crippen LogP contribution in [0.4, 0.5) is 0 Å². The molecule has 16 heavy (non-hydrogen) atoms. The Morgan fingerprint density at radius 2 is 2.00 bits per heavy atom. The number of nitrogens with zero attached hydrogens (tertiary/aromatic N) is 1. The van der Waals surface area contributed by atoms with Crippen LogP contribution in [0.25, 0.3) is 0 Å². The second-order valence-corrected chi connectivity index (χ2v) is 5.03. The molecule has 0 aromatic carbocycles. The Bertz CT molecular complexity index is 187. The third-order valence-electron chi connectivity index (χ3n) is 3.98. The Labute approximate surface area is 99.5 Å². The summed E-state index contributed by atoms with van der Waals surface area (Å²) in [5, 5.41) is 19.0. The van der Waals surface area contributed by atoms with E-state index >= 15 is 0 Å². The van der Waals surface area contributed by atoms with Crippen molar-refractivity contribution in [3.05, 3.63) is 0 Å². The summed E-state index contributed by atoms with van der Waals surface area (Å²) in [5.41, 5.74) is 0. The molecule has 3 atom stereocenters. The number of likely N-dealkylation sites (N-methyl/N-ethyl adjacent to an activating group) is 1. The zero-order chi connectivity index (χ0) is 12.0. The van der Waals surface area contributed by atoms with Gasteiger partial charge < -0.3 is 15.1 Å². The van der Waals surface area contributed by atoms with E-state index in [1.807, 2.05) is 0 Å². The van der Waals surface area contributed by atoms with Gasteiger partial charge in [-0.05, 0) is 37.6 Å². The van der Waals surface area contributed by atoms with E-state index in [0.29, 0.717) is 5.92 Å². The van der Waals surface area contributed by atoms with Crippen molar-refractivity contribution >= 4 is 0 Å². The maximum absolute atomic E-state index is 10.0. The van der Waals surface area contributed by atoms with Crippen LogP contribution in [0, 0.1) is 11.8 Å². The Morgan fingerprint density at radius 1 is 1.25 bits per heavy atom. The van der Waals surface area contributed by atoms with Crippen molar-refractivity contribution < 1.29 is 10.2 Å². The smallest absolute Gasteiger partial charge is 0.0580 e. The minimum atomic E-state index is -0.129. The summed E-state index contributed by atoms with van der Waals surface area (Å²) in [7, 11) is 0. The molecule has 0 aromatic rings. The quantitative estimate of drug-likeness (QED) is 0.725. The third kappa shape index (κ3) is 4.04. The molecule has 0 amide bonds. The molecular weight excluding hydrogens is 202 g/mol. The lowest BCUT2D eigenvalue weighted by molar-refractivity contribution is 0.0249. The molecule has 1 aliphatic carbocycles. The molecule has 0 bridgehead atoms. The van der Waals surface area contributed by atoms with Gasteiger partial charge in [0.2, 0.25) is 0 Å². The molecule has 1 fully saturated rings. The maximum Gasteiger partial charge on any atom is 0.0580 e. The van der Waals surface area contributed by atoms with Gasteiger partial charge in [0.05, 0.1) is 12.7 Å². The zero-order valence-electron chi connectivity index (χ0n) is 10.7. The van der Waals surface area contributed by atoms with E-state index in [1.54, 1.807) is 0 Å². The lowest BCUT2D eigenvalue weighted by Crippen LogP contribution is -2.39. The number of aliphatic hydroxyl groups is 2. The van der Waals surface area contributed by atoms with E-state index in [1.165, 1.54) is 12.8 Å². The van der Waals surface area contributed by atoms with Crippen LogP contribution in [-0.2, 0) is 0 Å². The monoisotopic (exact) mass is 229 g/mol. The summed E-state index contributed by atoms with van der Waals surface area (Å²) in [6.45, 7) is 7.20. The van der Waals surface area contributed by atoms with E-state index in [0.717, 1.165) is 38.4 Å². The highest BCUT2D eigenvalue weighted by molar-refractivity contribution is 4.81. The summed E-state index contributed by atoms with van der Waals surface area (Å²) in [6.07, 6.45) is 4.39. The Morgan fingerprint density at radius 3 is 2.56 bits per heavy atom. The standard InChI is InChI=1S/C13H27NO2/c1-3-11-5-6-13(16)12(9-11)10-14(4-2)7-8-15/h11-13,15-16H,3-10H2,1-2H3. The van der Waals surface area contributed by atoms with Gasteiger partial charge in [0.1, 0.15) is 0 Å². The lowest BCUT2D eigenvalue weighted by Gasteiger charge is -2.36. The van der Waals surface area contributed by atoms with E-state index in [-0.39, 0.29) is 12.7 Å². The number of aliphatic hydroxyl groups excluding tert-OH is 2. The highest BCUT2D eigenvalue weighted by Gasteiger charge is 2.29. The first kappa shape index (κ1) is 13.9. The predicted octanol–water partition coefficient (Wildman–Crippen LogP) is 1.49. The van der Waals surface area contributed by atoms with Crippen molar-refractivity contribution in [2.75, 3.05) is 26.2 Å². The SMILES string of the molecule is CCC1CCC(O)C(CN(CC)CCO)C1. The normalized spacial score (nSPS) is 30.9. The zero-order valence-corrected chi connectivity index (χ0v) is 10.7. The molecule has 1 rings (SSSR count). The minimum Gasteiger partial charge on any atom is -0.395 e. The van der Waals surface area contributed by atoms with E-state index in [9.17, 15) is 5.11 Å². The molecule has 0 heterocycles. The van der Waals surface area contributed by atoms with E-state index in [4.69, 9.17) is 5.11 Å². The second-order valence-electron chi connectivity index (χ2n) is 5.03. The van der Waals surface area contributed by atoms with Crippen molar-refractivity contribution in [1.29, 1.82) is 0 Å². The van der Waals surface area contributed by atoms with Gasteiger partial charge in [-0.2, -0.15) is 0 Å². The predicted molar refractivity (Wildman–Crippen MR) is 66.3 cm³/mol. The van der Waals surface area contributed by atoms with Gasteiger partial charge >= 0.3 is 0 Å². The highest BCUT2D eigenvalue weighted by atomic mass is 16.3. The molecule has 3 heteroatoms. The number of hydrogen-bond donors (Lipinski definition) is 2. The molecule has 0 aliphatic heterocycles. The van der Waals surface area contributed by atoms with Gasteiger partial charge in [-0.25, -0.2) is 0 Å². The molecular formula is C13H27NO2. The fourth-order valence-electron chi connectivity index (χ4n) is 2.76. The molecule has 3 unspecified atom stereocenters. The fourth-order valence-corrected chi connectivity index (χ4v) is 2.76. The molecule has 0 spiro atoms. The van der Waals surface area contributed by atoms with Crippen LogP contribution >= 0.6 is 0 Å². The molecule has 0 radical (unpaired) electrons. The van der Waals surface area contributed by atoms with Crippen LogP contribution < -0.4 is 0 Å². The van der Waals surface area contributed by atoms with Crippen molar-refractivity contribution in [1.82, 2.24) is 4.90 Å². The lowest BCUT2D eigenvalue weighted by atomic mass is 9.78. The highest BCUT2D eigenvalue weighted by Crippen LogP contribution is 2.31. The van der Waals surface area contributed by atoms with Gasteiger partial charge in [0.25, 0.3) is 0 Å². The van der Waals surface area contributed by atoms with Crippen molar-refractivity contribution in [2.45, 2.75) is 45.6 Å². The maximum atomic E-state index is 10.0. The first-order chi connectivity index (χ1) is 7.71. The second kappa shape index (κ2) is 7.25. The average molecular weight is 229 g/mol. The van der Waals surface area contributed by atoms with Gasteiger partial charge in [-0.15, -0.1) is 0 Å². The molecule has 96 valence electrons. The van der Waals surface area contributed by atoms with E-state index < -0.39 is 0 Å². The summed E-state index contributed by atoms with van der Waals surface area (Å²) in [4.78, 5) is 2.24. The van der Waals surface area contributed by atoms with Crippen LogP contribution in [0.2, 0.25) is 0 Å². The third-order valence-corrected chi connectivity index (χ3v) is 3.98. The summed E-state index contributed by atoms with van der Waals surface area (Å²) in [6, 6.07) is 0. The Hall–Kier alpha value is -0.120. The van der Waals surface area contributed by atoms with Crippen LogP contribution in [0.15, 0.2) is 0 Å². The first-order valence-corrected chi connectivity index (χ1v) is 6.72. The summed E-state index contributed by atoms with van der Waals surface area (Å²) < 4.78 is 0. The van der Waals surface area contributed by atoms with E-state index in [2.05, 4.69) is 18.7 Å². The van der Waals surface area contributed by atoms with Gasteiger partial charge in [0.15, 0.2) is 0 Å². The molecule has 1 aliphatic rings. The molecule has 2 N–H and O–H groups in total. The molecule has 0 saturated heterocycles. The van der Waals surface area contributed by atoms with Crippen LogP contribution in [0.1, 0.15) is 39.5 Å². The largest absolute Gasteiger partial charge is 0.395 e. The number of hydrogen-bond acceptors (Lipinski definition) is 3. The topological polar surface area (TPSA) is 43.7 Å². The molecule has 0 aromatic heterocycles. The van der Waals surface area contributed by atoms with Gasteiger partial charge in [-0.3, -0.25) is 0 Å². The van der Waals surface area contributed by atoms with Gasteiger partial charge in [-0.1, -0.05) is 20.3 Å². The van der Waals surface area contributed by atoms with Gasteiger partial charge in [0, 0.05) is 13.1 Å². The average Bonchev–Trinajstić information content (AvgIpc) is 2.31. The summed E-state index contributed by atoms with van der Waals surface area (Å²) >= 11 is 0. The Kier molecular flexibility index (Phi) is 6.32. The summed E-state index contributed by atoms with van der Waals surface area (Å²) in [5.74, 6) is 1.20. The molecule has 1 saturated carbocycles. The van der Waals surface area contributed by atoms with Crippen LogP contribution in [-0.4, -0.2) is 47.5 Å². The molecule has 3 nitrogen and oxygen atoms in total. The van der Waals surface area contributed by atoms with Crippen molar-refractivity contribution in [3.63, 3.8) is 0 Å². The minimum absolute atomic E-state index is 0.129. The van der Waals surface area contributed by atoms with Crippen LogP contribution in [0.3, 0.4) is 0 Å². The van der Waals surface area contributed by atoms with Crippen molar-refractivity contribution in [2.24, 2.45) is 11.8 Å². The fraction of sp³-hybridized carbons (Fsp3) is 1.00. The Balaban J connectivity index is 2.42.